The van der Waals surface area contributed by atoms with Crippen LogP contribution in [0.1, 0.15) is 68.3 Å². The van der Waals surface area contributed by atoms with Gasteiger partial charge in [-0.3, -0.25) is 9.48 Å². The minimum Gasteiger partial charge on any atom is -0.392 e. The number of β-amino-alcohol motifs (C(OH)–C–C–N with tert-alkyl or cyclic N) is 1. The van der Waals surface area contributed by atoms with Crippen LogP contribution in [-0.4, -0.2) is 63.2 Å². The molecule has 1 saturated heterocycles. The summed E-state index contributed by atoms with van der Waals surface area (Å²) in [5.41, 5.74) is 0.405. The third-order valence-corrected chi connectivity index (χ3v) is 5.68. The van der Waals surface area contributed by atoms with Gasteiger partial charge in [-0.15, -0.1) is 5.10 Å². The second-order valence-corrected chi connectivity index (χ2v) is 7.87. The lowest BCUT2D eigenvalue weighted by Crippen LogP contribution is -2.39. The van der Waals surface area contributed by atoms with Crippen molar-refractivity contribution in [1.29, 1.82) is 0 Å². The number of aliphatic hydroxyl groups is 1. The molecule has 7 nitrogen and oxygen atoms in total. The predicted molar refractivity (Wildman–Crippen MR) is 99.8 cm³/mol. The molecule has 7 heteroatoms. The van der Waals surface area contributed by atoms with Crippen LogP contribution in [0.4, 0.5) is 0 Å². The molecule has 0 spiro atoms. The Labute approximate surface area is 156 Å². The number of nitrogens with zero attached hydrogens (tertiary/aromatic N) is 4. The van der Waals surface area contributed by atoms with E-state index in [1.54, 1.807) is 10.9 Å². The Morgan fingerprint density at radius 1 is 1.19 bits per heavy atom. The number of aromatic nitrogens is 3. The van der Waals surface area contributed by atoms with Gasteiger partial charge in [0.1, 0.15) is 0 Å². The third-order valence-electron chi connectivity index (χ3n) is 5.68. The number of carbonyl (C=O) groups excluding carboxylic acids is 1. The summed E-state index contributed by atoms with van der Waals surface area (Å²) in [5, 5.41) is 20.7. The van der Waals surface area contributed by atoms with Gasteiger partial charge in [0.25, 0.3) is 5.91 Å². The second-order valence-electron chi connectivity index (χ2n) is 7.87. The Balaban J connectivity index is 1.32. The van der Waals surface area contributed by atoms with E-state index in [-0.39, 0.29) is 12.0 Å². The van der Waals surface area contributed by atoms with E-state index in [4.69, 9.17) is 0 Å². The Bertz CT molecular complexity index is 556. The van der Waals surface area contributed by atoms with E-state index in [0.717, 1.165) is 57.8 Å². The van der Waals surface area contributed by atoms with Crippen LogP contribution in [0, 0.1) is 5.92 Å². The van der Waals surface area contributed by atoms with Crippen molar-refractivity contribution in [3.63, 3.8) is 0 Å². The van der Waals surface area contributed by atoms with Crippen molar-refractivity contribution in [2.75, 3.05) is 26.2 Å². The summed E-state index contributed by atoms with van der Waals surface area (Å²) >= 11 is 0. The first kappa shape index (κ1) is 19.3. The smallest absolute Gasteiger partial charge is 0.273 e. The minimum atomic E-state index is -0.193. The molecule has 0 bridgehead atoms. The molecule has 2 fully saturated rings. The first-order chi connectivity index (χ1) is 12.7. The van der Waals surface area contributed by atoms with Crippen molar-refractivity contribution >= 4 is 5.91 Å². The summed E-state index contributed by atoms with van der Waals surface area (Å²) in [6.07, 6.45) is 12.3. The maximum Gasteiger partial charge on any atom is 0.273 e. The molecule has 3 rings (SSSR count). The molecule has 1 saturated carbocycles. The average molecular weight is 364 g/mol. The monoisotopic (exact) mass is 363 g/mol. The maximum absolute atomic E-state index is 12.2. The number of piperidine rings is 1. The van der Waals surface area contributed by atoms with Crippen LogP contribution in [0.25, 0.3) is 0 Å². The molecular weight excluding hydrogens is 330 g/mol. The highest BCUT2D eigenvalue weighted by atomic mass is 16.3. The first-order valence-electron chi connectivity index (χ1n) is 10.3. The fourth-order valence-electron chi connectivity index (χ4n) is 4.13. The Hall–Kier alpha value is -1.47. The molecule has 1 amide bonds. The quantitative estimate of drug-likeness (QED) is 0.689. The maximum atomic E-state index is 12.2. The highest BCUT2D eigenvalue weighted by Crippen LogP contribution is 2.26. The van der Waals surface area contributed by atoms with Gasteiger partial charge in [-0.1, -0.05) is 37.3 Å². The Morgan fingerprint density at radius 2 is 2.04 bits per heavy atom. The summed E-state index contributed by atoms with van der Waals surface area (Å²) < 4.78 is 1.80. The molecule has 1 aromatic heterocycles. The van der Waals surface area contributed by atoms with E-state index in [9.17, 15) is 9.90 Å². The highest BCUT2D eigenvalue weighted by Gasteiger charge is 2.17. The lowest BCUT2D eigenvalue weighted by Gasteiger charge is -2.29. The van der Waals surface area contributed by atoms with Crippen LogP contribution < -0.4 is 5.32 Å². The summed E-state index contributed by atoms with van der Waals surface area (Å²) in [7, 11) is 0. The van der Waals surface area contributed by atoms with Gasteiger partial charge in [-0.25, -0.2) is 0 Å². The molecule has 2 aliphatic rings. The lowest BCUT2D eigenvalue weighted by atomic mass is 9.87. The molecule has 1 aliphatic carbocycles. The van der Waals surface area contributed by atoms with Crippen molar-refractivity contribution in [2.24, 2.45) is 5.92 Å². The van der Waals surface area contributed by atoms with Crippen molar-refractivity contribution in [2.45, 2.75) is 70.4 Å². The molecule has 146 valence electrons. The third kappa shape index (κ3) is 6.06. The summed E-state index contributed by atoms with van der Waals surface area (Å²) in [4.78, 5) is 14.5. The minimum absolute atomic E-state index is 0.146. The van der Waals surface area contributed by atoms with Crippen LogP contribution in [0.2, 0.25) is 0 Å². The molecule has 1 aliphatic heterocycles. The molecule has 1 aromatic rings. The van der Waals surface area contributed by atoms with Gasteiger partial charge in [-0.05, 0) is 44.7 Å². The SMILES string of the molecule is O=C(NCCCN1CCCC(O)C1)c1cn(CCC2CCCCC2)nn1. The summed E-state index contributed by atoms with van der Waals surface area (Å²) in [6.45, 7) is 4.18. The largest absolute Gasteiger partial charge is 0.392 e. The second kappa shape index (κ2) is 10.0. The van der Waals surface area contributed by atoms with Crippen molar-refractivity contribution in [3.8, 4) is 0 Å². The van der Waals surface area contributed by atoms with E-state index < -0.39 is 0 Å². The van der Waals surface area contributed by atoms with Gasteiger partial charge in [0.2, 0.25) is 0 Å². The number of nitrogens with one attached hydrogen (secondary N) is 1. The zero-order chi connectivity index (χ0) is 18.2. The number of likely N-dealkylation sites (tertiary alicyclic amines) is 1. The molecule has 1 unspecified atom stereocenters. The van der Waals surface area contributed by atoms with Gasteiger partial charge in [0, 0.05) is 19.6 Å². The van der Waals surface area contributed by atoms with Gasteiger partial charge >= 0.3 is 0 Å². The van der Waals surface area contributed by atoms with Crippen LogP contribution in [0.15, 0.2) is 6.20 Å². The molecule has 2 N–H and O–H groups in total. The van der Waals surface area contributed by atoms with Crippen LogP contribution in [0.5, 0.6) is 0 Å². The summed E-state index contributed by atoms with van der Waals surface area (Å²) in [5.74, 6) is 0.658. The van der Waals surface area contributed by atoms with Gasteiger partial charge in [0.15, 0.2) is 5.69 Å². The molecule has 0 radical (unpaired) electrons. The number of amides is 1. The molecule has 1 atom stereocenters. The number of carbonyl (C=O) groups is 1. The zero-order valence-corrected chi connectivity index (χ0v) is 15.8. The van der Waals surface area contributed by atoms with Crippen LogP contribution in [0.3, 0.4) is 0 Å². The normalized spacial score (nSPS) is 22.4. The van der Waals surface area contributed by atoms with Crippen LogP contribution in [-0.2, 0) is 6.54 Å². The molecule has 2 heterocycles. The van der Waals surface area contributed by atoms with Gasteiger partial charge in [0.05, 0.1) is 12.3 Å². The van der Waals surface area contributed by atoms with Crippen molar-refractivity contribution in [3.05, 3.63) is 11.9 Å². The zero-order valence-electron chi connectivity index (χ0n) is 15.8. The van der Waals surface area contributed by atoms with E-state index in [0.29, 0.717) is 12.2 Å². The predicted octanol–water partition coefficient (Wildman–Crippen LogP) is 1.83. The van der Waals surface area contributed by atoms with E-state index in [1.807, 2.05) is 0 Å². The van der Waals surface area contributed by atoms with Crippen molar-refractivity contribution in [1.82, 2.24) is 25.2 Å². The highest BCUT2D eigenvalue weighted by molar-refractivity contribution is 5.91. The van der Waals surface area contributed by atoms with Crippen molar-refractivity contribution < 1.29 is 9.90 Å². The van der Waals surface area contributed by atoms with E-state index >= 15 is 0 Å². The number of aliphatic hydroxyl groups excluding tert-OH is 1. The fourth-order valence-corrected chi connectivity index (χ4v) is 4.13. The lowest BCUT2D eigenvalue weighted by molar-refractivity contribution is 0.0697. The average Bonchev–Trinajstić information content (AvgIpc) is 3.13. The van der Waals surface area contributed by atoms with Crippen LogP contribution >= 0.6 is 0 Å². The van der Waals surface area contributed by atoms with Gasteiger partial charge < -0.3 is 15.3 Å². The Morgan fingerprint density at radius 3 is 2.85 bits per heavy atom. The molecule has 0 aromatic carbocycles. The van der Waals surface area contributed by atoms with Gasteiger partial charge in [-0.2, -0.15) is 0 Å². The number of hydrogen-bond acceptors (Lipinski definition) is 5. The summed E-state index contributed by atoms with van der Waals surface area (Å²) in [6, 6.07) is 0. The first-order valence-corrected chi connectivity index (χ1v) is 10.3. The fraction of sp³-hybridized carbons (Fsp3) is 0.842. The topological polar surface area (TPSA) is 83.3 Å². The standard InChI is InChI=1S/C19H33N5O2/c25-17-8-4-11-23(14-17)12-5-10-20-19(26)18-15-24(22-21-18)13-9-16-6-2-1-3-7-16/h15-17,25H,1-14H2,(H,20,26). The number of aryl methyl sites for hydroxylation is 1. The number of rotatable bonds is 8. The van der Waals surface area contributed by atoms with E-state index in [1.165, 1.54) is 32.1 Å². The molecule has 26 heavy (non-hydrogen) atoms. The Kier molecular flexibility index (Phi) is 7.43. The number of hydrogen-bond donors (Lipinski definition) is 2. The molecular formula is C19H33N5O2. The van der Waals surface area contributed by atoms with E-state index in [2.05, 4.69) is 20.5 Å².